The molecule has 2 nitrogen and oxygen atoms in total. The summed E-state index contributed by atoms with van der Waals surface area (Å²) in [6.07, 6.45) is 1.35. The molecule has 0 aliphatic rings. The summed E-state index contributed by atoms with van der Waals surface area (Å²) in [6, 6.07) is 26.2. The summed E-state index contributed by atoms with van der Waals surface area (Å²) in [5.74, 6) is 0.808. The van der Waals surface area contributed by atoms with Crippen molar-refractivity contribution in [1.29, 1.82) is 0 Å². The first-order chi connectivity index (χ1) is 11.4. The first kappa shape index (κ1) is 15.0. The molecule has 0 saturated heterocycles. The number of ether oxygens (including phenoxy) is 1. The van der Waals surface area contributed by atoms with E-state index in [1.165, 1.54) is 11.1 Å². The van der Waals surface area contributed by atoms with E-state index in [0.717, 1.165) is 23.2 Å². The molecule has 0 N–H and O–H groups in total. The molecule has 0 aliphatic carbocycles. The van der Waals surface area contributed by atoms with E-state index < -0.39 is 0 Å². The number of benzene rings is 3. The Balaban J connectivity index is 1.75. The van der Waals surface area contributed by atoms with Gasteiger partial charge >= 0.3 is 0 Å². The molecule has 0 unspecified atom stereocenters. The monoisotopic (exact) mass is 302 g/mol. The lowest BCUT2D eigenvalue weighted by Crippen LogP contribution is -1.98. The minimum absolute atomic E-state index is 0.442. The topological polar surface area (TPSA) is 26.3 Å². The molecule has 0 spiro atoms. The molecule has 0 heterocycles. The van der Waals surface area contributed by atoms with Crippen LogP contribution in [-0.4, -0.2) is 6.29 Å². The average Bonchev–Trinajstić information content (AvgIpc) is 2.62. The normalized spacial score (nSPS) is 10.3. The lowest BCUT2D eigenvalue weighted by molar-refractivity contribution is -0.107. The van der Waals surface area contributed by atoms with Gasteiger partial charge < -0.3 is 9.53 Å². The summed E-state index contributed by atoms with van der Waals surface area (Å²) in [5.41, 5.74) is 4.52. The van der Waals surface area contributed by atoms with E-state index in [2.05, 4.69) is 24.3 Å². The van der Waals surface area contributed by atoms with E-state index in [0.29, 0.717) is 13.0 Å². The van der Waals surface area contributed by atoms with E-state index >= 15 is 0 Å². The highest BCUT2D eigenvalue weighted by Crippen LogP contribution is 2.24. The highest BCUT2D eigenvalue weighted by atomic mass is 16.5. The molecule has 0 radical (unpaired) electrons. The third-order valence-corrected chi connectivity index (χ3v) is 3.74. The zero-order valence-electron chi connectivity index (χ0n) is 12.8. The SMILES string of the molecule is O=CCc1ccc(OCc2ccccc2-c2ccccc2)cc1. The Bertz CT molecular complexity index is 761. The number of rotatable bonds is 6. The minimum atomic E-state index is 0.442. The Labute approximate surface area is 136 Å². The van der Waals surface area contributed by atoms with Gasteiger partial charge in [-0.15, -0.1) is 0 Å². The van der Waals surface area contributed by atoms with Crippen LogP contribution in [0.3, 0.4) is 0 Å². The van der Waals surface area contributed by atoms with Crippen molar-refractivity contribution >= 4 is 6.29 Å². The summed E-state index contributed by atoms with van der Waals surface area (Å²) < 4.78 is 5.90. The van der Waals surface area contributed by atoms with Gasteiger partial charge in [0.25, 0.3) is 0 Å². The fourth-order valence-electron chi connectivity index (χ4n) is 2.52. The third-order valence-electron chi connectivity index (χ3n) is 3.74. The molecule has 0 fully saturated rings. The van der Waals surface area contributed by atoms with Crippen molar-refractivity contribution in [3.63, 3.8) is 0 Å². The van der Waals surface area contributed by atoms with Gasteiger partial charge in [0.2, 0.25) is 0 Å². The molecule has 0 atom stereocenters. The minimum Gasteiger partial charge on any atom is -0.489 e. The molecular weight excluding hydrogens is 284 g/mol. The molecule has 3 aromatic carbocycles. The summed E-state index contributed by atoms with van der Waals surface area (Å²) in [6.45, 7) is 0.512. The van der Waals surface area contributed by atoms with Crippen LogP contribution in [0, 0.1) is 0 Å². The molecule has 0 saturated carbocycles. The van der Waals surface area contributed by atoms with Gasteiger partial charge in [-0.05, 0) is 34.4 Å². The molecule has 114 valence electrons. The summed E-state index contributed by atoms with van der Waals surface area (Å²) in [4.78, 5) is 10.5. The Morgan fingerprint density at radius 1 is 0.783 bits per heavy atom. The number of aldehydes is 1. The highest BCUT2D eigenvalue weighted by molar-refractivity contribution is 5.67. The lowest BCUT2D eigenvalue weighted by atomic mass is 10.0. The number of hydrogen-bond acceptors (Lipinski definition) is 2. The molecule has 3 rings (SSSR count). The molecule has 0 amide bonds. The second kappa shape index (κ2) is 7.41. The molecule has 0 bridgehead atoms. The van der Waals surface area contributed by atoms with Crippen molar-refractivity contribution in [2.75, 3.05) is 0 Å². The van der Waals surface area contributed by atoms with Crippen molar-refractivity contribution in [1.82, 2.24) is 0 Å². The van der Waals surface area contributed by atoms with E-state index in [1.807, 2.05) is 54.6 Å². The first-order valence-electron chi connectivity index (χ1n) is 7.65. The van der Waals surface area contributed by atoms with Gasteiger partial charge in [0.1, 0.15) is 18.6 Å². The number of carbonyl (C=O) groups is 1. The van der Waals surface area contributed by atoms with Gasteiger partial charge in [-0.25, -0.2) is 0 Å². The Morgan fingerprint density at radius 3 is 2.22 bits per heavy atom. The van der Waals surface area contributed by atoms with Crippen molar-refractivity contribution in [3.05, 3.63) is 90.0 Å². The van der Waals surface area contributed by atoms with Crippen LogP contribution in [0.25, 0.3) is 11.1 Å². The fourth-order valence-corrected chi connectivity index (χ4v) is 2.52. The van der Waals surface area contributed by atoms with Gasteiger partial charge in [-0.3, -0.25) is 0 Å². The van der Waals surface area contributed by atoms with Crippen molar-refractivity contribution in [3.8, 4) is 16.9 Å². The van der Waals surface area contributed by atoms with Crippen LogP contribution >= 0.6 is 0 Å². The van der Waals surface area contributed by atoms with Gasteiger partial charge in [0.15, 0.2) is 0 Å². The molecule has 2 heteroatoms. The van der Waals surface area contributed by atoms with Crippen molar-refractivity contribution in [2.24, 2.45) is 0 Å². The largest absolute Gasteiger partial charge is 0.489 e. The van der Waals surface area contributed by atoms with Gasteiger partial charge in [-0.1, -0.05) is 66.7 Å². The molecule has 3 aromatic rings. The summed E-state index contributed by atoms with van der Waals surface area (Å²) in [5, 5.41) is 0. The quantitative estimate of drug-likeness (QED) is 0.618. The standard InChI is InChI=1S/C21H18O2/c22-15-14-17-10-12-20(13-11-17)23-16-19-8-4-5-9-21(19)18-6-2-1-3-7-18/h1-13,15H,14,16H2. The van der Waals surface area contributed by atoms with Crippen LogP contribution in [0.4, 0.5) is 0 Å². The van der Waals surface area contributed by atoms with Gasteiger partial charge in [0, 0.05) is 6.42 Å². The average molecular weight is 302 g/mol. The van der Waals surface area contributed by atoms with Crippen LogP contribution in [0.5, 0.6) is 5.75 Å². The second-order valence-electron chi connectivity index (χ2n) is 5.33. The maximum atomic E-state index is 10.5. The van der Waals surface area contributed by atoms with Crippen molar-refractivity contribution in [2.45, 2.75) is 13.0 Å². The first-order valence-corrected chi connectivity index (χ1v) is 7.65. The zero-order chi connectivity index (χ0) is 15.9. The van der Waals surface area contributed by atoms with E-state index in [-0.39, 0.29) is 0 Å². The highest BCUT2D eigenvalue weighted by Gasteiger charge is 2.05. The molecular formula is C21H18O2. The summed E-state index contributed by atoms with van der Waals surface area (Å²) >= 11 is 0. The maximum Gasteiger partial charge on any atom is 0.124 e. The predicted molar refractivity (Wildman–Crippen MR) is 92.4 cm³/mol. The van der Waals surface area contributed by atoms with E-state index in [9.17, 15) is 4.79 Å². The van der Waals surface area contributed by atoms with Gasteiger partial charge in [0.05, 0.1) is 0 Å². The van der Waals surface area contributed by atoms with Gasteiger partial charge in [-0.2, -0.15) is 0 Å². The van der Waals surface area contributed by atoms with Crippen LogP contribution in [-0.2, 0) is 17.8 Å². The number of carbonyl (C=O) groups excluding carboxylic acids is 1. The fraction of sp³-hybridized carbons (Fsp3) is 0.0952. The Morgan fingerprint density at radius 2 is 1.48 bits per heavy atom. The van der Waals surface area contributed by atoms with Crippen LogP contribution in [0.15, 0.2) is 78.9 Å². The lowest BCUT2D eigenvalue weighted by Gasteiger charge is -2.11. The molecule has 0 aliphatic heterocycles. The Hall–Kier alpha value is -2.87. The van der Waals surface area contributed by atoms with E-state index in [4.69, 9.17) is 4.74 Å². The van der Waals surface area contributed by atoms with E-state index in [1.54, 1.807) is 0 Å². The number of hydrogen-bond donors (Lipinski definition) is 0. The summed E-state index contributed by atoms with van der Waals surface area (Å²) in [7, 11) is 0. The predicted octanol–water partition coefficient (Wildman–Crippen LogP) is 4.67. The van der Waals surface area contributed by atoms with Crippen LogP contribution < -0.4 is 4.74 Å². The third kappa shape index (κ3) is 3.86. The molecule has 0 aromatic heterocycles. The maximum absolute atomic E-state index is 10.5. The zero-order valence-corrected chi connectivity index (χ0v) is 12.8. The van der Waals surface area contributed by atoms with Crippen LogP contribution in [0.1, 0.15) is 11.1 Å². The van der Waals surface area contributed by atoms with Crippen molar-refractivity contribution < 1.29 is 9.53 Å². The Kier molecular flexibility index (Phi) is 4.85. The smallest absolute Gasteiger partial charge is 0.124 e. The van der Waals surface area contributed by atoms with Crippen LogP contribution in [0.2, 0.25) is 0 Å². The second-order valence-corrected chi connectivity index (χ2v) is 5.33. The molecule has 23 heavy (non-hydrogen) atoms.